The fraction of sp³-hybridized carbons (Fsp3) is 0.500. The second kappa shape index (κ2) is 7.47. The van der Waals surface area contributed by atoms with E-state index in [1.165, 1.54) is 10.6 Å². The van der Waals surface area contributed by atoms with Crippen molar-refractivity contribution >= 4 is 17.2 Å². The SMILES string of the molecule is Cc1csc(C2CCN(C(=O)c3ccc(CC(C)C)cc3)CC2)n1. The second-order valence-electron chi connectivity index (χ2n) is 7.19. The molecule has 2 aromatic rings. The number of carbonyl (C=O) groups excluding carboxylic acids is 1. The highest BCUT2D eigenvalue weighted by Crippen LogP contribution is 2.30. The number of nitrogens with zero attached hydrogens (tertiary/aromatic N) is 2. The lowest BCUT2D eigenvalue weighted by molar-refractivity contribution is 0.0713. The van der Waals surface area contributed by atoms with Crippen LogP contribution in [0.25, 0.3) is 0 Å². The van der Waals surface area contributed by atoms with Crippen molar-refractivity contribution in [2.24, 2.45) is 5.92 Å². The number of aromatic nitrogens is 1. The van der Waals surface area contributed by atoms with Crippen LogP contribution in [0.15, 0.2) is 29.6 Å². The van der Waals surface area contributed by atoms with Gasteiger partial charge >= 0.3 is 0 Å². The summed E-state index contributed by atoms with van der Waals surface area (Å²) in [6.45, 7) is 8.13. The fourth-order valence-corrected chi connectivity index (χ4v) is 4.30. The van der Waals surface area contributed by atoms with Gasteiger partial charge in [-0.1, -0.05) is 26.0 Å². The molecule has 0 radical (unpaired) electrons. The van der Waals surface area contributed by atoms with Crippen LogP contribution < -0.4 is 0 Å². The Labute approximate surface area is 148 Å². The van der Waals surface area contributed by atoms with Gasteiger partial charge in [-0.05, 0) is 49.8 Å². The zero-order valence-electron chi connectivity index (χ0n) is 14.8. The average Bonchev–Trinajstić information content (AvgIpc) is 3.01. The summed E-state index contributed by atoms with van der Waals surface area (Å²) in [6.07, 6.45) is 3.10. The third-order valence-corrected chi connectivity index (χ3v) is 5.74. The van der Waals surface area contributed by atoms with E-state index in [2.05, 4.69) is 36.3 Å². The van der Waals surface area contributed by atoms with Crippen molar-refractivity contribution in [1.29, 1.82) is 0 Å². The van der Waals surface area contributed by atoms with Crippen molar-refractivity contribution < 1.29 is 4.79 Å². The first-order valence-electron chi connectivity index (χ1n) is 8.83. The average molecular weight is 343 g/mol. The summed E-state index contributed by atoms with van der Waals surface area (Å²) in [7, 11) is 0. The molecule has 1 fully saturated rings. The van der Waals surface area contributed by atoms with E-state index >= 15 is 0 Å². The molecule has 3 rings (SSSR count). The van der Waals surface area contributed by atoms with Crippen molar-refractivity contribution in [3.8, 4) is 0 Å². The first-order valence-corrected chi connectivity index (χ1v) is 9.71. The molecular formula is C20H26N2OS. The van der Waals surface area contributed by atoms with Crippen LogP contribution >= 0.6 is 11.3 Å². The predicted octanol–water partition coefficient (Wildman–Crippen LogP) is 4.67. The summed E-state index contributed by atoms with van der Waals surface area (Å²) in [5, 5.41) is 3.35. The van der Waals surface area contributed by atoms with Crippen LogP contribution in [0, 0.1) is 12.8 Å². The molecule has 0 saturated carbocycles. The van der Waals surface area contributed by atoms with Gasteiger partial charge in [0.1, 0.15) is 0 Å². The smallest absolute Gasteiger partial charge is 0.253 e. The third kappa shape index (κ3) is 4.04. The number of hydrogen-bond acceptors (Lipinski definition) is 3. The van der Waals surface area contributed by atoms with Gasteiger partial charge in [-0.2, -0.15) is 0 Å². The quantitative estimate of drug-likeness (QED) is 0.809. The molecule has 0 unspecified atom stereocenters. The van der Waals surface area contributed by atoms with Gasteiger partial charge in [0, 0.05) is 35.6 Å². The summed E-state index contributed by atoms with van der Waals surface area (Å²) < 4.78 is 0. The Balaban J connectivity index is 1.58. The van der Waals surface area contributed by atoms with Gasteiger partial charge in [-0.15, -0.1) is 11.3 Å². The standard InChI is InChI=1S/C20H26N2OS/c1-14(2)12-16-4-6-18(7-5-16)20(23)22-10-8-17(9-11-22)19-21-15(3)13-24-19/h4-7,13-14,17H,8-12H2,1-3H3. The fourth-order valence-electron chi connectivity index (χ4n) is 3.33. The normalized spacial score (nSPS) is 15.9. The van der Waals surface area contributed by atoms with Gasteiger partial charge in [0.2, 0.25) is 0 Å². The van der Waals surface area contributed by atoms with Crippen LogP contribution in [0.1, 0.15) is 59.2 Å². The first-order chi connectivity index (χ1) is 11.5. The molecule has 1 aliphatic rings. The van der Waals surface area contributed by atoms with Gasteiger partial charge in [-0.25, -0.2) is 4.98 Å². The van der Waals surface area contributed by atoms with E-state index in [9.17, 15) is 4.79 Å². The Morgan fingerprint density at radius 3 is 2.46 bits per heavy atom. The van der Waals surface area contributed by atoms with E-state index in [4.69, 9.17) is 0 Å². The number of hydrogen-bond donors (Lipinski definition) is 0. The zero-order valence-corrected chi connectivity index (χ0v) is 15.6. The lowest BCUT2D eigenvalue weighted by Gasteiger charge is -2.31. The van der Waals surface area contributed by atoms with E-state index < -0.39 is 0 Å². The largest absolute Gasteiger partial charge is 0.339 e. The monoisotopic (exact) mass is 342 g/mol. The molecule has 4 heteroatoms. The van der Waals surface area contributed by atoms with Crippen molar-refractivity contribution in [1.82, 2.24) is 9.88 Å². The highest BCUT2D eigenvalue weighted by atomic mass is 32.1. The predicted molar refractivity (Wildman–Crippen MR) is 99.7 cm³/mol. The minimum absolute atomic E-state index is 0.167. The summed E-state index contributed by atoms with van der Waals surface area (Å²) in [5.41, 5.74) is 3.22. The minimum Gasteiger partial charge on any atom is -0.339 e. The number of carbonyl (C=O) groups is 1. The van der Waals surface area contributed by atoms with E-state index in [-0.39, 0.29) is 5.91 Å². The van der Waals surface area contributed by atoms with Gasteiger partial charge < -0.3 is 4.90 Å². The molecule has 3 nitrogen and oxygen atoms in total. The Morgan fingerprint density at radius 2 is 1.92 bits per heavy atom. The molecule has 0 spiro atoms. The molecule has 128 valence electrons. The maximum absolute atomic E-state index is 12.7. The van der Waals surface area contributed by atoms with Crippen molar-refractivity contribution in [2.45, 2.75) is 46.0 Å². The number of benzene rings is 1. The van der Waals surface area contributed by atoms with Crippen LogP contribution in [0.2, 0.25) is 0 Å². The maximum atomic E-state index is 12.7. The number of thiazole rings is 1. The molecule has 24 heavy (non-hydrogen) atoms. The van der Waals surface area contributed by atoms with Crippen LogP contribution in [-0.2, 0) is 6.42 Å². The van der Waals surface area contributed by atoms with Crippen LogP contribution in [0.5, 0.6) is 0 Å². The second-order valence-corrected chi connectivity index (χ2v) is 8.08. The van der Waals surface area contributed by atoms with Crippen molar-refractivity contribution in [3.63, 3.8) is 0 Å². The molecule has 1 aromatic carbocycles. The molecule has 1 aliphatic heterocycles. The molecule has 0 atom stereocenters. The lowest BCUT2D eigenvalue weighted by atomic mass is 9.96. The van der Waals surface area contributed by atoms with E-state index in [0.717, 1.165) is 43.6 Å². The van der Waals surface area contributed by atoms with Crippen LogP contribution in [0.3, 0.4) is 0 Å². The van der Waals surface area contributed by atoms with E-state index in [1.54, 1.807) is 11.3 Å². The Bertz CT molecular complexity index is 682. The maximum Gasteiger partial charge on any atom is 0.253 e. The molecule has 0 N–H and O–H groups in total. The van der Waals surface area contributed by atoms with Crippen molar-refractivity contribution in [2.75, 3.05) is 13.1 Å². The molecular weight excluding hydrogens is 316 g/mol. The first kappa shape index (κ1) is 17.2. The Morgan fingerprint density at radius 1 is 1.25 bits per heavy atom. The summed E-state index contributed by atoms with van der Waals surface area (Å²) >= 11 is 1.75. The molecule has 1 aromatic heterocycles. The number of aryl methyl sites for hydroxylation is 1. The van der Waals surface area contributed by atoms with Gasteiger partial charge in [-0.3, -0.25) is 4.79 Å². The van der Waals surface area contributed by atoms with E-state index in [1.807, 2.05) is 24.0 Å². The minimum atomic E-state index is 0.167. The number of piperidine rings is 1. The number of amides is 1. The molecule has 0 bridgehead atoms. The Hall–Kier alpha value is -1.68. The van der Waals surface area contributed by atoms with Crippen LogP contribution in [-0.4, -0.2) is 28.9 Å². The molecule has 0 aliphatic carbocycles. The van der Waals surface area contributed by atoms with Gasteiger partial charge in [0.25, 0.3) is 5.91 Å². The van der Waals surface area contributed by atoms with E-state index in [0.29, 0.717) is 11.8 Å². The summed E-state index contributed by atoms with van der Waals surface area (Å²) in [4.78, 5) is 19.3. The summed E-state index contributed by atoms with van der Waals surface area (Å²) in [5.74, 6) is 1.32. The van der Waals surface area contributed by atoms with Crippen LogP contribution in [0.4, 0.5) is 0 Å². The molecule has 1 saturated heterocycles. The number of likely N-dealkylation sites (tertiary alicyclic amines) is 1. The van der Waals surface area contributed by atoms with Crippen molar-refractivity contribution in [3.05, 3.63) is 51.5 Å². The number of rotatable bonds is 4. The third-order valence-electron chi connectivity index (χ3n) is 4.61. The Kier molecular flexibility index (Phi) is 5.34. The lowest BCUT2D eigenvalue weighted by Crippen LogP contribution is -2.37. The topological polar surface area (TPSA) is 33.2 Å². The zero-order chi connectivity index (χ0) is 17.1. The van der Waals surface area contributed by atoms with Gasteiger partial charge in [0.15, 0.2) is 0 Å². The highest BCUT2D eigenvalue weighted by Gasteiger charge is 2.26. The molecule has 2 heterocycles. The highest BCUT2D eigenvalue weighted by molar-refractivity contribution is 7.09. The molecule has 1 amide bonds. The van der Waals surface area contributed by atoms with Gasteiger partial charge in [0.05, 0.1) is 5.01 Å². The summed E-state index contributed by atoms with van der Waals surface area (Å²) in [6, 6.07) is 8.16.